The number of carbonyl (C=O) groups is 2. The predicted octanol–water partition coefficient (Wildman–Crippen LogP) is 2.65. The minimum absolute atomic E-state index is 0.0387. The average Bonchev–Trinajstić information content (AvgIpc) is 2.64. The van der Waals surface area contributed by atoms with Crippen LogP contribution in [0, 0.1) is 6.92 Å². The Bertz CT molecular complexity index is 990. The van der Waals surface area contributed by atoms with Crippen molar-refractivity contribution in [1.29, 1.82) is 0 Å². The predicted molar refractivity (Wildman–Crippen MR) is 111 cm³/mol. The molecule has 0 aliphatic heterocycles. The number of nitrogens with one attached hydrogen (secondary N) is 3. The Hall–Kier alpha value is -3.11. The fourth-order valence-corrected chi connectivity index (χ4v) is 3.00. The number of amides is 2. The lowest BCUT2D eigenvalue weighted by molar-refractivity contribution is -0.116. The van der Waals surface area contributed by atoms with Crippen molar-refractivity contribution in [1.82, 2.24) is 0 Å². The number of ether oxygens (including phenoxy) is 1. The summed E-state index contributed by atoms with van der Waals surface area (Å²) in [5, 5.41) is 13.5. The van der Waals surface area contributed by atoms with Gasteiger partial charge in [-0.2, -0.15) is 0 Å². The molecule has 0 aliphatic carbocycles. The van der Waals surface area contributed by atoms with E-state index in [1.54, 1.807) is 39.0 Å². The molecule has 2 rings (SSSR count). The molecule has 0 heterocycles. The maximum absolute atomic E-state index is 12.5. The zero-order chi connectivity index (χ0) is 21.6. The molecule has 1 atom stereocenters. The Morgan fingerprint density at radius 2 is 1.69 bits per heavy atom. The molecule has 0 saturated heterocycles. The minimum Gasteiger partial charge on any atom is -0.450 e. The highest BCUT2D eigenvalue weighted by Crippen LogP contribution is 2.24. The van der Waals surface area contributed by atoms with E-state index in [0.717, 1.165) is 5.56 Å². The molecule has 5 N–H and O–H groups in total. The van der Waals surface area contributed by atoms with Crippen LogP contribution in [-0.2, 0) is 19.6 Å². The van der Waals surface area contributed by atoms with Crippen LogP contribution in [0.2, 0.25) is 0 Å². The molecule has 0 bridgehead atoms. The molecule has 156 valence electrons. The molecular weight excluding hydrogens is 396 g/mol. The molecule has 1 unspecified atom stereocenters. The highest BCUT2D eigenvalue weighted by molar-refractivity contribution is 7.89. The van der Waals surface area contributed by atoms with Crippen LogP contribution in [0.5, 0.6) is 0 Å². The Labute approximate surface area is 169 Å². The van der Waals surface area contributed by atoms with E-state index < -0.39 is 22.2 Å². The van der Waals surface area contributed by atoms with Gasteiger partial charge >= 0.3 is 6.09 Å². The van der Waals surface area contributed by atoms with Crippen LogP contribution in [0.1, 0.15) is 19.4 Å². The van der Waals surface area contributed by atoms with Crippen LogP contribution in [0.25, 0.3) is 0 Å². The molecule has 29 heavy (non-hydrogen) atoms. The molecule has 0 saturated carbocycles. The molecule has 0 spiro atoms. The molecule has 10 heteroatoms. The Balaban J connectivity index is 2.05. The number of anilines is 3. The van der Waals surface area contributed by atoms with E-state index >= 15 is 0 Å². The topological polar surface area (TPSA) is 140 Å². The molecule has 9 nitrogen and oxygen atoms in total. The van der Waals surface area contributed by atoms with Gasteiger partial charge in [-0.3, -0.25) is 10.1 Å². The Morgan fingerprint density at radius 3 is 2.28 bits per heavy atom. The van der Waals surface area contributed by atoms with E-state index in [0.29, 0.717) is 17.1 Å². The number of sulfonamides is 1. The van der Waals surface area contributed by atoms with Gasteiger partial charge in [0, 0.05) is 17.1 Å². The molecule has 0 aliphatic rings. The van der Waals surface area contributed by atoms with Crippen molar-refractivity contribution in [3.8, 4) is 0 Å². The third kappa shape index (κ3) is 6.19. The summed E-state index contributed by atoms with van der Waals surface area (Å²) in [6.45, 7) is 5.46. The number of rotatable bonds is 7. The fraction of sp³-hybridized carbons (Fsp3) is 0.263. The number of benzene rings is 2. The largest absolute Gasteiger partial charge is 0.450 e. The molecule has 2 amide bonds. The summed E-state index contributed by atoms with van der Waals surface area (Å²) >= 11 is 0. The van der Waals surface area contributed by atoms with Crippen LogP contribution in [0.3, 0.4) is 0 Å². The number of primary sulfonamides is 1. The zero-order valence-corrected chi connectivity index (χ0v) is 17.2. The van der Waals surface area contributed by atoms with E-state index in [2.05, 4.69) is 16.0 Å². The second-order valence-corrected chi connectivity index (χ2v) is 7.81. The van der Waals surface area contributed by atoms with Gasteiger partial charge in [0.05, 0.1) is 11.5 Å². The first-order valence-electron chi connectivity index (χ1n) is 8.85. The monoisotopic (exact) mass is 420 g/mol. The minimum atomic E-state index is -3.79. The van der Waals surface area contributed by atoms with E-state index in [-0.39, 0.29) is 17.4 Å². The van der Waals surface area contributed by atoms with Crippen molar-refractivity contribution >= 4 is 39.1 Å². The summed E-state index contributed by atoms with van der Waals surface area (Å²) in [5.41, 5.74) is 2.43. The Kier molecular flexibility index (Phi) is 7.18. The van der Waals surface area contributed by atoms with Gasteiger partial charge in [-0.25, -0.2) is 18.4 Å². The summed E-state index contributed by atoms with van der Waals surface area (Å²) in [6, 6.07) is 10.2. The normalized spacial score (nSPS) is 12.0. The van der Waals surface area contributed by atoms with Crippen molar-refractivity contribution < 1.29 is 22.7 Å². The Morgan fingerprint density at radius 1 is 1.07 bits per heavy atom. The molecule has 0 aromatic heterocycles. The van der Waals surface area contributed by atoms with E-state index in [1.165, 1.54) is 24.3 Å². The SMILES string of the molecule is CCOC(=O)Nc1cccc(NC(C)C(=O)Nc2ccc(S(N)(=O)=O)cc2)c1C. The summed E-state index contributed by atoms with van der Waals surface area (Å²) in [6.07, 6.45) is -0.554. The number of carbonyl (C=O) groups excluding carboxylic acids is 2. The van der Waals surface area contributed by atoms with Gasteiger partial charge in [0.25, 0.3) is 0 Å². The van der Waals surface area contributed by atoms with E-state index in [1.807, 2.05) is 0 Å². The van der Waals surface area contributed by atoms with Crippen LogP contribution < -0.4 is 21.1 Å². The van der Waals surface area contributed by atoms with Gasteiger partial charge in [0.1, 0.15) is 6.04 Å². The van der Waals surface area contributed by atoms with Crippen LogP contribution in [0.4, 0.5) is 21.9 Å². The van der Waals surface area contributed by atoms with Crippen molar-refractivity contribution in [2.75, 3.05) is 22.6 Å². The van der Waals surface area contributed by atoms with E-state index in [4.69, 9.17) is 9.88 Å². The first-order valence-corrected chi connectivity index (χ1v) is 10.4. The quantitative estimate of drug-likeness (QED) is 0.543. The van der Waals surface area contributed by atoms with Crippen molar-refractivity contribution in [3.63, 3.8) is 0 Å². The standard InChI is InChI=1S/C19H24N4O5S/c1-4-28-19(25)23-17-7-5-6-16(12(17)2)21-13(3)18(24)22-14-8-10-15(11-9-14)29(20,26)27/h5-11,13,21H,4H2,1-3H3,(H,22,24)(H,23,25)(H2,20,26,27). The lowest BCUT2D eigenvalue weighted by Gasteiger charge is -2.19. The van der Waals surface area contributed by atoms with Gasteiger partial charge < -0.3 is 15.4 Å². The maximum atomic E-state index is 12.5. The average molecular weight is 420 g/mol. The zero-order valence-electron chi connectivity index (χ0n) is 16.4. The summed E-state index contributed by atoms with van der Waals surface area (Å²) in [7, 11) is -3.79. The van der Waals surface area contributed by atoms with Crippen molar-refractivity contribution in [2.24, 2.45) is 5.14 Å². The van der Waals surface area contributed by atoms with Crippen molar-refractivity contribution in [2.45, 2.75) is 31.7 Å². The van der Waals surface area contributed by atoms with Gasteiger partial charge in [-0.05, 0) is 62.7 Å². The third-order valence-corrected chi connectivity index (χ3v) is 4.99. The first-order chi connectivity index (χ1) is 13.6. The lowest BCUT2D eigenvalue weighted by Crippen LogP contribution is -2.32. The molecular formula is C19H24N4O5S. The van der Waals surface area contributed by atoms with Crippen LogP contribution >= 0.6 is 0 Å². The van der Waals surface area contributed by atoms with Gasteiger partial charge in [-0.1, -0.05) is 6.07 Å². The van der Waals surface area contributed by atoms with Gasteiger partial charge in [0.2, 0.25) is 15.9 Å². The fourth-order valence-electron chi connectivity index (χ4n) is 2.48. The lowest BCUT2D eigenvalue weighted by atomic mass is 10.1. The van der Waals surface area contributed by atoms with Crippen molar-refractivity contribution in [3.05, 3.63) is 48.0 Å². The number of hydrogen-bond acceptors (Lipinski definition) is 6. The van der Waals surface area contributed by atoms with Gasteiger partial charge in [-0.15, -0.1) is 0 Å². The third-order valence-electron chi connectivity index (χ3n) is 4.06. The second-order valence-electron chi connectivity index (χ2n) is 6.25. The molecule has 2 aromatic rings. The number of hydrogen-bond donors (Lipinski definition) is 4. The van der Waals surface area contributed by atoms with Gasteiger partial charge in [0.15, 0.2) is 0 Å². The molecule has 0 radical (unpaired) electrons. The second kappa shape index (κ2) is 9.39. The molecule has 2 aromatic carbocycles. The smallest absolute Gasteiger partial charge is 0.411 e. The molecule has 0 fully saturated rings. The van der Waals surface area contributed by atoms with Crippen LogP contribution in [0.15, 0.2) is 47.4 Å². The summed E-state index contributed by atoms with van der Waals surface area (Å²) < 4.78 is 27.4. The highest BCUT2D eigenvalue weighted by Gasteiger charge is 2.16. The summed E-state index contributed by atoms with van der Waals surface area (Å²) in [5.74, 6) is -0.323. The first kappa shape index (κ1) is 22.2. The van der Waals surface area contributed by atoms with E-state index in [9.17, 15) is 18.0 Å². The summed E-state index contributed by atoms with van der Waals surface area (Å²) in [4.78, 5) is 24.0. The maximum Gasteiger partial charge on any atom is 0.411 e. The number of nitrogens with two attached hydrogens (primary N) is 1. The highest BCUT2D eigenvalue weighted by atomic mass is 32.2. The van der Waals surface area contributed by atoms with Crippen LogP contribution in [-0.4, -0.2) is 33.1 Å².